The van der Waals surface area contributed by atoms with Crippen LogP contribution in [0.15, 0.2) is 19.0 Å². The zero-order valence-electron chi connectivity index (χ0n) is 13.1. The van der Waals surface area contributed by atoms with Gasteiger partial charge < -0.3 is 9.80 Å². The van der Waals surface area contributed by atoms with Crippen molar-refractivity contribution in [3.63, 3.8) is 0 Å². The molecule has 0 aliphatic carbocycles. The van der Waals surface area contributed by atoms with E-state index in [4.69, 9.17) is 0 Å². The zero-order valence-corrected chi connectivity index (χ0v) is 13.1. The SMILES string of the molecule is C=CCN1CC(C(=O)N2CCN(Cc3ncn[nH]3)CC2)CC1=O. The Morgan fingerprint density at radius 2 is 2.17 bits per heavy atom. The second-order valence-electron chi connectivity index (χ2n) is 6.02. The van der Waals surface area contributed by atoms with Crippen molar-refractivity contribution in [2.45, 2.75) is 13.0 Å². The highest BCUT2D eigenvalue weighted by Crippen LogP contribution is 2.21. The number of carbonyl (C=O) groups excluding carboxylic acids is 2. The van der Waals surface area contributed by atoms with Crippen molar-refractivity contribution in [2.75, 3.05) is 39.3 Å². The van der Waals surface area contributed by atoms with Crippen molar-refractivity contribution >= 4 is 11.8 Å². The molecule has 2 amide bonds. The monoisotopic (exact) mass is 318 g/mol. The first-order valence-electron chi connectivity index (χ1n) is 7.91. The number of aromatic nitrogens is 3. The van der Waals surface area contributed by atoms with Crippen LogP contribution >= 0.6 is 0 Å². The van der Waals surface area contributed by atoms with Crippen molar-refractivity contribution in [3.8, 4) is 0 Å². The number of aromatic amines is 1. The van der Waals surface area contributed by atoms with Crippen LogP contribution in [-0.4, -0.2) is 81.0 Å². The van der Waals surface area contributed by atoms with Crippen LogP contribution in [0.1, 0.15) is 12.2 Å². The fraction of sp³-hybridized carbons (Fsp3) is 0.600. The van der Waals surface area contributed by atoms with Crippen LogP contribution in [0.3, 0.4) is 0 Å². The van der Waals surface area contributed by atoms with Crippen LogP contribution in [0, 0.1) is 5.92 Å². The molecule has 3 heterocycles. The maximum atomic E-state index is 12.6. The van der Waals surface area contributed by atoms with Gasteiger partial charge in [-0.05, 0) is 0 Å². The molecule has 124 valence electrons. The molecule has 2 aliphatic heterocycles. The summed E-state index contributed by atoms with van der Waals surface area (Å²) in [5.74, 6) is 0.783. The molecule has 1 atom stereocenters. The number of amides is 2. The topological polar surface area (TPSA) is 85.4 Å². The predicted molar refractivity (Wildman–Crippen MR) is 83.1 cm³/mol. The van der Waals surface area contributed by atoms with Gasteiger partial charge in [-0.25, -0.2) is 4.98 Å². The normalized spacial score (nSPS) is 22.6. The molecule has 0 bridgehead atoms. The number of likely N-dealkylation sites (tertiary alicyclic amines) is 1. The van der Waals surface area contributed by atoms with Crippen molar-refractivity contribution in [1.82, 2.24) is 29.9 Å². The number of piperazine rings is 1. The van der Waals surface area contributed by atoms with E-state index in [2.05, 4.69) is 26.7 Å². The summed E-state index contributed by atoms with van der Waals surface area (Å²) in [5.41, 5.74) is 0. The summed E-state index contributed by atoms with van der Waals surface area (Å²) >= 11 is 0. The number of hydrogen-bond donors (Lipinski definition) is 1. The van der Waals surface area contributed by atoms with Gasteiger partial charge in [-0.1, -0.05) is 6.08 Å². The third kappa shape index (κ3) is 3.58. The highest BCUT2D eigenvalue weighted by Gasteiger charge is 2.36. The first-order chi connectivity index (χ1) is 11.2. The van der Waals surface area contributed by atoms with E-state index in [-0.39, 0.29) is 17.7 Å². The molecule has 1 unspecified atom stereocenters. The number of H-pyrrole nitrogens is 1. The molecule has 2 fully saturated rings. The fourth-order valence-corrected chi connectivity index (χ4v) is 3.17. The standard InChI is InChI=1S/C15H22N6O2/c1-2-3-21-9-12(8-14(21)22)15(23)20-6-4-19(5-7-20)10-13-16-11-17-18-13/h2,11-12H,1,3-10H2,(H,16,17,18). The Bertz CT molecular complexity index is 565. The molecule has 8 nitrogen and oxygen atoms in total. The van der Waals surface area contributed by atoms with Gasteiger partial charge in [0.15, 0.2) is 0 Å². The van der Waals surface area contributed by atoms with E-state index in [0.29, 0.717) is 32.6 Å². The van der Waals surface area contributed by atoms with E-state index in [1.807, 2.05) is 4.90 Å². The molecule has 2 saturated heterocycles. The number of nitrogens with zero attached hydrogens (tertiary/aromatic N) is 5. The van der Waals surface area contributed by atoms with Crippen LogP contribution in [0.25, 0.3) is 0 Å². The predicted octanol–water partition coefficient (Wildman–Crippen LogP) is -0.517. The number of hydrogen-bond acceptors (Lipinski definition) is 5. The van der Waals surface area contributed by atoms with E-state index in [0.717, 1.165) is 25.5 Å². The number of carbonyl (C=O) groups is 2. The Kier molecular flexibility index (Phi) is 4.71. The average molecular weight is 318 g/mol. The number of rotatable bonds is 5. The van der Waals surface area contributed by atoms with Crippen molar-refractivity contribution in [1.29, 1.82) is 0 Å². The van der Waals surface area contributed by atoms with Gasteiger partial charge in [0.2, 0.25) is 11.8 Å². The lowest BCUT2D eigenvalue weighted by molar-refractivity contribution is -0.137. The third-order valence-corrected chi connectivity index (χ3v) is 4.44. The summed E-state index contributed by atoms with van der Waals surface area (Å²) in [4.78, 5) is 34.4. The Balaban J connectivity index is 1.48. The Morgan fingerprint density at radius 3 is 2.83 bits per heavy atom. The van der Waals surface area contributed by atoms with Crippen LogP contribution in [0.2, 0.25) is 0 Å². The minimum atomic E-state index is -0.205. The quantitative estimate of drug-likeness (QED) is 0.739. The third-order valence-electron chi connectivity index (χ3n) is 4.44. The number of nitrogens with one attached hydrogen (secondary N) is 1. The summed E-state index contributed by atoms with van der Waals surface area (Å²) in [6.07, 6.45) is 3.53. The smallest absolute Gasteiger partial charge is 0.228 e. The molecule has 0 aromatic carbocycles. The summed E-state index contributed by atoms with van der Waals surface area (Å²) in [7, 11) is 0. The molecule has 8 heteroatoms. The molecule has 2 aliphatic rings. The van der Waals surface area contributed by atoms with E-state index in [1.54, 1.807) is 11.0 Å². The van der Waals surface area contributed by atoms with Gasteiger partial charge in [0.05, 0.1) is 12.5 Å². The lowest BCUT2D eigenvalue weighted by atomic mass is 10.1. The minimum Gasteiger partial charge on any atom is -0.340 e. The Morgan fingerprint density at radius 1 is 1.39 bits per heavy atom. The molecule has 0 saturated carbocycles. The molecule has 0 radical (unpaired) electrons. The Hall–Kier alpha value is -2.22. The molecule has 3 rings (SSSR count). The van der Waals surface area contributed by atoms with Crippen molar-refractivity contribution in [2.24, 2.45) is 5.92 Å². The summed E-state index contributed by atoms with van der Waals surface area (Å²) in [6, 6.07) is 0. The lowest BCUT2D eigenvalue weighted by Crippen LogP contribution is -2.50. The van der Waals surface area contributed by atoms with Crippen LogP contribution < -0.4 is 0 Å². The second-order valence-corrected chi connectivity index (χ2v) is 6.02. The van der Waals surface area contributed by atoms with Gasteiger partial charge in [0.25, 0.3) is 0 Å². The van der Waals surface area contributed by atoms with E-state index < -0.39 is 0 Å². The maximum Gasteiger partial charge on any atom is 0.228 e. The highest BCUT2D eigenvalue weighted by atomic mass is 16.2. The van der Waals surface area contributed by atoms with Gasteiger partial charge in [-0.2, -0.15) is 5.10 Å². The van der Waals surface area contributed by atoms with Gasteiger partial charge in [0, 0.05) is 45.7 Å². The van der Waals surface area contributed by atoms with Crippen LogP contribution in [-0.2, 0) is 16.1 Å². The van der Waals surface area contributed by atoms with Gasteiger partial charge in [0.1, 0.15) is 12.2 Å². The molecule has 1 aromatic heterocycles. The first kappa shape index (κ1) is 15.7. The van der Waals surface area contributed by atoms with Crippen LogP contribution in [0.5, 0.6) is 0 Å². The molecular formula is C15H22N6O2. The molecule has 1 aromatic rings. The Labute approximate surface area is 135 Å². The van der Waals surface area contributed by atoms with E-state index >= 15 is 0 Å². The molecule has 23 heavy (non-hydrogen) atoms. The summed E-state index contributed by atoms with van der Waals surface area (Å²) < 4.78 is 0. The van der Waals surface area contributed by atoms with Gasteiger partial charge >= 0.3 is 0 Å². The first-order valence-corrected chi connectivity index (χ1v) is 7.91. The molecule has 0 spiro atoms. The average Bonchev–Trinajstić information content (AvgIpc) is 3.18. The fourth-order valence-electron chi connectivity index (χ4n) is 3.17. The zero-order chi connectivity index (χ0) is 16.2. The van der Waals surface area contributed by atoms with Crippen molar-refractivity contribution < 1.29 is 9.59 Å². The van der Waals surface area contributed by atoms with E-state index in [1.165, 1.54) is 6.33 Å². The summed E-state index contributed by atoms with van der Waals surface area (Å²) in [5, 5.41) is 6.69. The van der Waals surface area contributed by atoms with Gasteiger partial charge in [-0.15, -0.1) is 6.58 Å². The lowest BCUT2D eigenvalue weighted by Gasteiger charge is -2.35. The van der Waals surface area contributed by atoms with Crippen molar-refractivity contribution in [3.05, 3.63) is 24.8 Å². The second kappa shape index (κ2) is 6.91. The van der Waals surface area contributed by atoms with E-state index in [9.17, 15) is 9.59 Å². The van der Waals surface area contributed by atoms with Crippen LogP contribution in [0.4, 0.5) is 0 Å². The maximum absolute atomic E-state index is 12.6. The summed E-state index contributed by atoms with van der Waals surface area (Å²) in [6.45, 7) is 8.41. The van der Waals surface area contributed by atoms with Gasteiger partial charge in [-0.3, -0.25) is 19.6 Å². The minimum absolute atomic E-state index is 0.0483. The molecular weight excluding hydrogens is 296 g/mol. The molecule has 1 N–H and O–H groups in total. The largest absolute Gasteiger partial charge is 0.340 e. The highest BCUT2D eigenvalue weighted by molar-refractivity contribution is 5.89.